The highest BCUT2D eigenvalue weighted by atomic mass is 16.5. The summed E-state index contributed by atoms with van der Waals surface area (Å²) in [6, 6.07) is 16.9. The molecule has 0 radical (unpaired) electrons. The van der Waals surface area contributed by atoms with Crippen molar-refractivity contribution in [2.24, 2.45) is 5.10 Å². The summed E-state index contributed by atoms with van der Waals surface area (Å²) in [4.78, 5) is 2.50. The number of aryl methyl sites for hydroxylation is 1. The molecular formula is C21H27N3O. The molecule has 1 fully saturated rings. The molecule has 132 valence electrons. The fourth-order valence-corrected chi connectivity index (χ4v) is 3.05. The molecule has 0 amide bonds. The number of hydrazone groups is 1. The summed E-state index contributed by atoms with van der Waals surface area (Å²) in [5.41, 5.74) is 4.89. The van der Waals surface area contributed by atoms with Gasteiger partial charge < -0.3 is 4.74 Å². The van der Waals surface area contributed by atoms with Crippen molar-refractivity contribution in [3.63, 3.8) is 0 Å². The topological polar surface area (TPSA) is 28.1 Å². The lowest BCUT2D eigenvalue weighted by atomic mass is 10.1. The van der Waals surface area contributed by atoms with Gasteiger partial charge in [0.2, 0.25) is 0 Å². The van der Waals surface area contributed by atoms with Gasteiger partial charge >= 0.3 is 0 Å². The minimum absolute atomic E-state index is 0.876. The molecule has 0 unspecified atom stereocenters. The summed E-state index contributed by atoms with van der Waals surface area (Å²) in [5, 5.41) is 6.98. The number of hydrogen-bond donors (Lipinski definition) is 0. The third-order valence-electron chi connectivity index (χ3n) is 4.67. The van der Waals surface area contributed by atoms with Crippen molar-refractivity contribution in [3.8, 4) is 5.75 Å². The van der Waals surface area contributed by atoms with Gasteiger partial charge in [-0.15, -0.1) is 0 Å². The van der Waals surface area contributed by atoms with Crippen molar-refractivity contribution in [1.29, 1.82) is 0 Å². The van der Waals surface area contributed by atoms with Gasteiger partial charge in [0, 0.05) is 32.7 Å². The van der Waals surface area contributed by atoms with E-state index in [1.807, 2.05) is 12.1 Å². The lowest BCUT2D eigenvalue weighted by Gasteiger charge is -2.33. The van der Waals surface area contributed by atoms with Gasteiger partial charge in [-0.25, -0.2) is 0 Å². The predicted molar refractivity (Wildman–Crippen MR) is 103 cm³/mol. The normalized spacial score (nSPS) is 16.1. The van der Waals surface area contributed by atoms with Crippen molar-refractivity contribution >= 4 is 5.71 Å². The monoisotopic (exact) mass is 337 g/mol. The molecule has 1 aliphatic heterocycles. The van der Waals surface area contributed by atoms with Crippen molar-refractivity contribution < 1.29 is 4.74 Å². The smallest absolute Gasteiger partial charge is 0.118 e. The van der Waals surface area contributed by atoms with Crippen molar-refractivity contribution in [3.05, 3.63) is 65.2 Å². The van der Waals surface area contributed by atoms with Crippen molar-refractivity contribution in [2.45, 2.75) is 20.4 Å². The molecule has 25 heavy (non-hydrogen) atoms. The average molecular weight is 337 g/mol. The van der Waals surface area contributed by atoms with Crippen LogP contribution in [0, 0.1) is 6.92 Å². The summed E-state index contributed by atoms with van der Waals surface area (Å²) in [6.07, 6.45) is 0. The first-order valence-corrected chi connectivity index (χ1v) is 8.86. The van der Waals surface area contributed by atoms with Crippen molar-refractivity contribution in [1.82, 2.24) is 9.91 Å². The zero-order chi connectivity index (χ0) is 17.6. The van der Waals surface area contributed by atoms with E-state index in [9.17, 15) is 0 Å². The second-order valence-corrected chi connectivity index (χ2v) is 6.63. The van der Waals surface area contributed by atoms with E-state index in [0.29, 0.717) is 0 Å². The van der Waals surface area contributed by atoms with Crippen LogP contribution in [-0.2, 0) is 6.54 Å². The van der Waals surface area contributed by atoms with Gasteiger partial charge in [-0.2, -0.15) is 5.10 Å². The molecule has 0 N–H and O–H groups in total. The van der Waals surface area contributed by atoms with Crippen LogP contribution in [-0.4, -0.2) is 48.9 Å². The molecule has 0 aliphatic carbocycles. The molecule has 1 saturated heterocycles. The van der Waals surface area contributed by atoms with Crippen LogP contribution in [0.2, 0.25) is 0 Å². The third-order valence-corrected chi connectivity index (χ3v) is 4.67. The van der Waals surface area contributed by atoms with E-state index in [2.05, 4.69) is 60.2 Å². The lowest BCUT2D eigenvalue weighted by molar-refractivity contribution is 0.130. The summed E-state index contributed by atoms with van der Waals surface area (Å²) in [5.74, 6) is 0.876. The fraction of sp³-hybridized carbons (Fsp3) is 0.381. The zero-order valence-corrected chi connectivity index (χ0v) is 15.4. The quantitative estimate of drug-likeness (QED) is 0.781. The first kappa shape index (κ1) is 17.5. The van der Waals surface area contributed by atoms with Gasteiger partial charge in [0.05, 0.1) is 12.8 Å². The number of methoxy groups -OCH3 is 1. The molecule has 1 heterocycles. The van der Waals surface area contributed by atoms with E-state index in [1.165, 1.54) is 11.1 Å². The number of piperazine rings is 1. The molecule has 2 aromatic carbocycles. The van der Waals surface area contributed by atoms with Gasteiger partial charge in [-0.05, 0) is 49.2 Å². The molecule has 0 saturated carbocycles. The van der Waals surface area contributed by atoms with Crippen LogP contribution in [0.25, 0.3) is 0 Å². The minimum atomic E-state index is 0.876. The predicted octanol–water partition coefficient (Wildman–Crippen LogP) is 3.55. The number of benzene rings is 2. The van der Waals surface area contributed by atoms with E-state index in [0.717, 1.165) is 49.7 Å². The maximum atomic E-state index is 5.21. The molecule has 2 aromatic rings. The first-order valence-electron chi connectivity index (χ1n) is 8.86. The average Bonchev–Trinajstić information content (AvgIpc) is 2.65. The van der Waals surface area contributed by atoms with E-state index in [1.54, 1.807) is 7.11 Å². The van der Waals surface area contributed by atoms with Gasteiger partial charge in [-0.3, -0.25) is 9.91 Å². The summed E-state index contributed by atoms with van der Waals surface area (Å²) < 4.78 is 5.21. The number of hydrogen-bond acceptors (Lipinski definition) is 4. The molecule has 4 heteroatoms. The van der Waals surface area contributed by atoms with Crippen LogP contribution < -0.4 is 4.74 Å². The molecule has 0 spiro atoms. The summed E-state index contributed by atoms with van der Waals surface area (Å²) >= 11 is 0. The first-order chi connectivity index (χ1) is 12.1. The Morgan fingerprint density at radius 1 is 0.960 bits per heavy atom. The Hall–Kier alpha value is -2.33. The second kappa shape index (κ2) is 8.17. The van der Waals surface area contributed by atoms with E-state index in [-0.39, 0.29) is 0 Å². The second-order valence-electron chi connectivity index (χ2n) is 6.63. The molecule has 0 bridgehead atoms. The molecule has 0 atom stereocenters. The Morgan fingerprint density at radius 2 is 1.60 bits per heavy atom. The summed E-state index contributed by atoms with van der Waals surface area (Å²) in [6.45, 7) is 9.26. The number of nitrogens with zero attached hydrogens (tertiary/aromatic N) is 3. The highest BCUT2D eigenvalue weighted by Crippen LogP contribution is 2.14. The minimum Gasteiger partial charge on any atom is -0.497 e. The molecule has 4 nitrogen and oxygen atoms in total. The highest BCUT2D eigenvalue weighted by molar-refractivity contribution is 5.98. The van der Waals surface area contributed by atoms with Crippen LogP contribution >= 0.6 is 0 Å². The Balaban J connectivity index is 1.53. The van der Waals surface area contributed by atoms with Crippen molar-refractivity contribution in [2.75, 3.05) is 33.3 Å². The molecule has 1 aliphatic rings. The standard InChI is InChI=1S/C21H27N3O/c1-17-4-6-19(7-5-17)16-23-12-14-24(15-13-23)22-18(2)20-8-10-21(25-3)11-9-20/h4-11H,12-16H2,1-3H3/b22-18+. The van der Waals surface area contributed by atoms with Gasteiger partial charge in [0.25, 0.3) is 0 Å². The number of rotatable bonds is 5. The van der Waals surface area contributed by atoms with E-state index < -0.39 is 0 Å². The molecule has 0 aromatic heterocycles. The van der Waals surface area contributed by atoms with Gasteiger partial charge in [0.15, 0.2) is 0 Å². The van der Waals surface area contributed by atoms with Crippen LogP contribution in [0.1, 0.15) is 23.6 Å². The van der Waals surface area contributed by atoms with Crippen LogP contribution in [0.3, 0.4) is 0 Å². The van der Waals surface area contributed by atoms with Gasteiger partial charge in [0.1, 0.15) is 5.75 Å². The lowest BCUT2D eigenvalue weighted by Crippen LogP contribution is -2.43. The SMILES string of the molecule is COc1ccc(/C(C)=N/N2CCN(Cc3ccc(C)cc3)CC2)cc1. The van der Waals surface area contributed by atoms with Crippen LogP contribution in [0.15, 0.2) is 53.6 Å². The Labute approximate surface area is 150 Å². The highest BCUT2D eigenvalue weighted by Gasteiger charge is 2.16. The zero-order valence-electron chi connectivity index (χ0n) is 15.4. The number of ether oxygens (including phenoxy) is 1. The molecule has 3 rings (SSSR count). The maximum absolute atomic E-state index is 5.21. The maximum Gasteiger partial charge on any atom is 0.118 e. The third kappa shape index (κ3) is 4.83. The van der Waals surface area contributed by atoms with E-state index in [4.69, 9.17) is 9.84 Å². The fourth-order valence-electron chi connectivity index (χ4n) is 3.05. The Morgan fingerprint density at radius 3 is 2.20 bits per heavy atom. The molecular weight excluding hydrogens is 310 g/mol. The van der Waals surface area contributed by atoms with Gasteiger partial charge in [-0.1, -0.05) is 29.8 Å². The largest absolute Gasteiger partial charge is 0.497 e. The van der Waals surface area contributed by atoms with Crippen LogP contribution in [0.5, 0.6) is 5.75 Å². The Kier molecular flexibility index (Phi) is 5.71. The van der Waals surface area contributed by atoms with Crippen LogP contribution in [0.4, 0.5) is 0 Å². The van der Waals surface area contributed by atoms with E-state index >= 15 is 0 Å². The summed E-state index contributed by atoms with van der Waals surface area (Å²) in [7, 11) is 1.69. The Bertz CT molecular complexity index is 699.